The molecule has 0 bridgehead atoms. The third-order valence-electron chi connectivity index (χ3n) is 3.44. The van der Waals surface area contributed by atoms with E-state index in [4.69, 9.17) is 5.26 Å². The zero-order valence-electron chi connectivity index (χ0n) is 10.6. The molecule has 1 aromatic rings. The highest BCUT2D eigenvalue weighted by Crippen LogP contribution is 2.24. The summed E-state index contributed by atoms with van der Waals surface area (Å²) in [5, 5.41) is 12.1. The Labute approximate surface area is 107 Å². The Morgan fingerprint density at radius 1 is 1.56 bits per heavy atom. The quantitative estimate of drug-likeness (QED) is 0.890. The highest BCUT2D eigenvalue weighted by molar-refractivity contribution is 5.52. The van der Waals surface area contributed by atoms with Crippen molar-refractivity contribution < 1.29 is 4.39 Å². The molecular formula is C14H18FN3. The lowest BCUT2D eigenvalue weighted by molar-refractivity contribution is 0.431. The summed E-state index contributed by atoms with van der Waals surface area (Å²) in [6, 6.07) is 7.01. The van der Waals surface area contributed by atoms with E-state index >= 15 is 0 Å². The van der Waals surface area contributed by atoms with E-state index in [2.05, 4.69) is 10.2 Å². The SMILES string of the molecule is CCN(c1ccc(C#N)cc1F)C1CCCNC1. The first kappa shape index (κ1) is 12.8. The number of benzene rings is 1. The average Bonchev–Trinajstić information content (AvgIpc) is 2.42. The van der Waals surface area contributed by atoms with Crippen LogP contribution in [0.15, 0.2) is 18.2 Å². The number of piperidine rings is 1. The van der Waals surface area contributed by atoms with Crippen LogP contribution >= 0.6 is 0 Å². The Morgan fingerprint density at radius 3 is 2.94 bits per heavy atom. The molecule has 1 aliphatic heterocycles. The first-order chi connectivity index (χ1) is 8.76. The second-order valence-electron chi connectivity index (χ2n) is 4.56. The molecule has 1 aliphatic rings. The molecule has 96 valence electrons. The first-order valence-electron chi connectivity index (χ1n) is 6.43. The predicted molar refractivity (Wildman–Crippen MR) is 70.0 cm³/mol. The molecule has 0 aliphatic carbocycles. The van der Waals surface area contributed by atoms with Crippen molar-refractivity contribution in [3.05, 3.63) is 29.6 Å². The maximum atomic E-state index is 14.0. The molecule has 18 heavy (non-hydrogen) atoms. The standard InChI is InChI=1S/C14H18FN3/c1-2-18(12-4-3-7-17-10-12)14-6-5-11(9-16)8-13(14)15/h5-6,8,12,17H,2-4,7,10H2,1H3. The molecule has 0 amide bonds. The van der Waals surface area contributed by atoms with Crippen molar-refractivity contribution in [1.29, 1.82) is 5.26 Å². The highest BCUT2D eigenvalue weighted by atomic mass is 19.1. The lowest BCUT2D eigenvalue weighted by atomic mass is 10.0. The van der Waals surface area contributed by atoms with E-state index in [9.17, 15) is 4.39 Å². The topological polar surface area (TPSA) is 39.1 Å². The van der Waals surface area contributed by atoms with E-state index in [-0.39, 0.29) is 5.82 Å². The maximum Gasteiger partial charge on any atom is 0.147 e. The number of likely N-dealkylation sites (N-methyl/N-ethyl adjacent to an activating group) is 1. The van der Waals surface area contributed by atoms with Gasteiger partial charge in [0.2, 0.25) is 0 Å². The van der Waals surface area contributed by atoms with E-state index < -0.39 is 0 Å². The monoisotopic (exact) mass is 247 g/mol. The largest absolute Gasteiger partial charge is 0.365 e. The number of nitriles is 1. The van der Waals surface area contributed by atoms with Crippen molar-refractivity contribution in [3.8, 4) is 6.07 Å². The summed E-state index contributed by atoms with van der Waals surface area (Å²) in [7, 11) is 0. The number of hydrogen-bond acceptors (Lipinski definition) is 3. The molecule has 1 aromatic carbocycles. The molecule has 1 heterocycles. The van der Waals surface area contributed by atoms with Crippen molar-refractivity contribution in [2.45, 2.75) is 25.8 Å². The molecule has 0 aromatic heterocycles. The third kappa shape index (κ3) is 2.62. The van der Waals surface area contributed by atoms with Gasteiger partial charge in [-0.1, -0.05) is 0 Å². The van der Waals surface area contributed by atoms with Crippen LogP contribution in [0.5, 0.6) is 0 Å². The smallest absolute Gasteiger partial charge is 0.147 e. The fraction of sp³-hybridized carbons (Fsp3) is 0.500. The molecule has 1 atom stereocenters. The lowest BCUT2D eigenvalue weighted by Gasteiger charge is -2.35. The van der Waals surface area contributed by atoms with E-state index in [0.29, 0.717) is 17.3 Å². The number of halogens is 1. The van der Waals surface area contributed by atoms with Crippen LogP contribution in [0, 0.1) is 17.1 Å². The Morgan fingerprint density at radius 2 is 2.39 bits per heavy atom. The minimum absolute atomic E-state index is 0.304. The van der Waals surface area contributed by atoms with Gasteiger partial charge in [-0.3, -0.25) is 0 Å². The zero-order chi connectivity index (χ0) is 13.0. The summed E-state index contributed by atoms with van der Waals surface area (Å²) in [6.45, 7) is 4.75. The van der Waals surface area contributed by atoms with Crippen molar-refractivity contribution in [3.63, 3.8) is 0 Å². The minimum Gasteiger partial charge on any atom is -0.365 e. The van der Waals surface area contributed by atoms with Crippen molar-refractivity contribution in [2.75, 3.05) is 24.5 Å². The van der Waals surface area contributed by atoms with Crippen LogP contribution in [-0.2, 0) is 0 Å². The highest BCUT2D eigenvalue weighted by Gasteiger charge is 2.22. The molecule has 1 N–H and O–H groups in total. The minimum atomic E-state index is -0.304. The van der Waals surface area contributed by atoms with Crippen LogP contribution in [0.25, 0.3) is 0 Å². The molecular weight excluding hydrogens is 229 g/mol. The van der Waals surface area contributed by atoms with Gasteiger partial charge < -0.3 is 10.2 Å². The van der Waals surface area contributed by atoms with Crippen molar-refractivity contribution in [1.82, 2.24) is 5.32 Å². The van der Waals surface area contributed by atoms with Crippen LogP contribution < -0.4 is 10.2 Å². The number of nitrogens with zero attached hydrogens (tertiary/aromatic N) is 2. The van der Waals surface area contributed by atoms with E-state index in [1.165, 1.54) is 6.07 Å². The van der Waals surface area contributed by atoms with Gasteiger partial charge >= 0.3 is 0 Å². The zero-order valence-corrected chi connectivity index (χ0v) is 10.6. The maximum absolute atomic E-state index is 14.0. The molecule has 0 radical (unpaired) electrons. The van der Waals surface area contributed by atoms with Crippen LogP contribution in [-0.4, -0.2) is 25.7 Å². The van der Waals surface area contributed by atoms with Crippen LogP contribution in [0.2, 0.25) is 0 Å². The number of nitrogens with one attached hydrogen (secondary N) is 1. The molecule has 1 fully saturated rings. The fourth-order valence-corrected chi connectivity index (χ4v) is 2.53. The number of rotatable bonds is 3. The summed E-state index contributed by atoms with van der Waals surface area (Å²) in [6.07, 6.45) is 2.21. The Bertz CT molecular complexity index is 447. The Balaban J connectivity index is 2.24. The molecule has 0 spiro atoms. The molecule has 1 saturated heterocycles. The van der Waals surface area contributed by atoms with Crippen molar-refractivity contribution in [2.24, 2.45) is 0 Å². The van der Waals surface area contributed by atoms with Crippen LogP contribution in [0.3, 0.4) is 0 Å². The van der Waals surface area contributed by atoms with Gasteiger partial charge in [0.1, 0.15) is 5.82 Å². The van der Waals surface area contributed by atoms with Crippen molar-refractivity contribution >= 4 is 5.69 Å². The van der Waals surface area contributed by atoms with Gasteiger partial charge in [0.15, 0.2) is 0 Å². The van der Waals surface area contributed by atoms with Crippen LogP contribution in [0.4, 0.5) is 10.1 Å². The lowest BCUT2D eigenvalue weighted by Crippen LogP contribution is -2.46. The van der Waals surface area contributed by atoms with Crippen LogP contribution in [0.1, 0.15) is 25.3 Å². The average molecular weight is 247 g/mol. The summed E-state index contributed by atoms with van der Waals surface area (Å²) in [5.41, 5.74) is 0.972. The Hall–Kier alpha value is -1.60. The molecule has 1 unspecified atom stereocenters. The summed E-state index contributed by atoms with van der Waals surface area (Å²) < 4.78 is 14.0. The number of hydrogen-bond donors (Lipinski definition) is 1. The van der Waals surface area contributed by atoms with E-state index in [0.717, 1.165) is 32.5 Å². The summed E-state index contributed by atoms with van der Waals surface area (Å²) in [5.74, 6) is -0.304. The molecule has 2 rings (SSSR count). The predicted octanol–water partition coefficient (Wildman–Crippen LogP) is 2.28. The second kappa shape index (κ2) is 5.83. The van der Waals surface area contributed by atoms with Gasteiger partial charge in [-0.15, -0.1) is 0 Å². The van der Waals surface area contributed by atoms with Gasteiger partial charge in [0, 0.05) is 19.1 Å². The molecule has 3 nitrogen and oxygen atoms in total. The molecule has 4 heteroatoms. The van der Waals surface area contributed by atoms with Gasteiger partial charge in [0.25, 0.3) is 0 Å². The normalized spacial score (nSPS) is 19.3. The first-order valence-corrected chi connectivity index (χ1v) is 6.43. The van der Waals surface area contributed by atoms with Gasteiger partial charge in [-0.2, -0.15) is 5.26 Å². The molecule has 0 saturated carbocycles. The third-order valence-corrected chi connectivity index (χ3v) is 3.44. The van der Waals surface area contributed by atoms with E-state index in [1.54, 1.807) is 12.1 Å². The van der Waals surface area contributed by atoms with Gasteiger partial charge in [-0.05, 0) is 44.5 Å². The summed E-state index contributed by atoms with van der Waals surface area (Å²) in [4.78, 5) is 2.09. The Kier molecular flexibility index (Phi) is 4.16. The fourth-order valence-electron chi connectivity index (χ4n) is 2.53. The number of anilines is 1. The second-order valence-corrected chi connectivity index (χ2v) is 4.56. The van der Waals surface area contributed by atoms with E-state index in [1.807, 2.05) is 13.0 Å². The van der Waals surface area contributed by atoms with Gasteiger partial charge in [-0.25, -0.2) is 4.39 Å². The summed E-state index contributed by atoms with van der Waals surface area (Å²) >= 11 is 0. The van der Waals surface area contributed by atoms with Gasteiger partial charge in [0.05, 0.1) is 17.3 Å².